The Hall–Kier alpha value is -1.36. The van der Waals surface area contributed by atoms with E-state index in [1.807, 2.05) is 0 Å². The van der Waals surface area contributed by atoms with E-state index in [0.29, 0.717) is 12.8 Å². The molecule has 0 aliphatic carbocycles. The van der Waals surface area contributed by atoms with Crippen LogP contribution in [0.15, 0.2) is 12.1 Å². The maximum absolute atomic E-state index is 11.1. The van der Waals surface area contributed by atoms with Gasteiger partial charge >= 0.3 is 11.9 Å². The Morgan fingerprint density at radius 1 is 0.783 bits per heavy atom. The van der Waals surface area contributed by atoms with Crippen molar-refractivity contribution in [1.29, 1.82) is 0 Å². The third kappa shape index (κ3) is 9.39. The number of thiophene rings is 1. The Balaban J connectivity index is 2.02. The highest BCUT2D eigenvalue weighted by Crippen LogP contribution is 2.21. The van der Waals surface area contributed by atoms with Crippen LogP contribution < -0.4 is 0 Å². The summed E-state index contributed by atoms with van der Waals surface area (Å²) in [5.41, 5.74) is 0. The highest BCUT2D eigenvalue weighted by molar-refractivity contribution is 7.12. The van der Waals surface area contributed by atoms with Crippen molar-refractivity contribution >= 4 is 23.3 Å². The lowest BCUT2D eigenvalue weighted by Gasteiger charge is -2.01. The molecule has 0 bridgehead atoms. The molecule has 1 rings (SSSR count). The van der Waals surface area contributed by atoms with Crippen LogP contribution in [0.4, 0.5) is 0 Å². The first-order valence-electron chi connectivity index (χ1n) is 8.37. The third-order valence-corrected chi connectivity index (χ3v) is 5.01. The Kier molecular flexibility index (Phi) is 10.4. The van der Waals surface area contributed by atoms with Gasteiger partial charge in [-0.2, -0.15) is 0 Å². The molecule has 0 N–H and O–H groups in total. The topological polar surface area (TPSA) is 52.6 Å². The zero-order valence-corrected chi connectivity index (χ0v) is 15.1. The molecule has 0 aliphatic heterocycles. The lowest BCUT2D eigenvalue weighted by Crippen LogP contribution is -2.00. The molecule has 5 heteroatoms. The summed E-state index contributed by atoms with van der Waals surface area (Å²) in [5, 5.41) is 0. The summed E-state index contributed by atoms with van der Waals surface area (Å²) in [6.45, 7) is 0. The molecule has 1 aromatic rings. The predicted molar refractivity (Wildman–Crippen MR) is 92.7 cm³/mol. The molecule has 0 unspecified atom stereocenters. The first-order valence-corrected chi connectivity index (χ1v) is 9.18. The van der Waals surface area contributed by atoms with Gasteiger partial charge in [0.25, 0.3) is 0 Å². The molecule has 0 aliphatic rings. The molecule has 130 valence electrons. The average Bonchev–Trinajstić information content (AvgIpc) is 3.02. The lowest BCUT2D eigenvalue weighted by molar-refractivity contribution is -0.141. The standard InChI is InChI=1S/C18H28O4S/c1-21-17(19)10-8-6-4-3-5-7-9-15-11-12-16(23-15)13-14-18(20)22-2/h11-12H,3-10,13-14H2,1-2H3. The van der Waals surface area contributed by atoms with Crippen LogP contribution in [0.5, 0.6) is 0 Å². The highest BCUT2D eigenvalue weighted by atomic mass is 32.1. The van der Waals surface area contributed by atoms with Crippen molar-refractivity contribution in [3.05, 3.63) is 21.9 Å². The van der Waals surface area contributed by atoms with E-state index in [9.17, 15) is 9.59 Å². The van der Waals surface area contributed by atoms with Gasteiger partial charge in [0.15, 0.2) is 0 Å². The fraction of sp³-hybridized carbons (Fsp3) is 0.667. The minimum Gasteiger partial charge on any atom is -0.469 e. The number of ether oxygens (including phenoxy) is 2. The van der Waals surface area contributed by atoms with Crippen LogP contribution in [0.3, 0.4) is 0 Å². The number of rotatable bonds is 12. The second kappa shape index (κ2) is 12.1. The van der Waals surface area contributed by atoms with Crippen molar-refractivity contribution in [1.82, 2.24) is 0 Å². The summed E-state index contributed by atoms with van der Waals surface area (Å²) in [5.74, 6) is -0.252. The van der Waals surface area contributed by atoms with Crippen molar-refractivity contribution in [2.24, 2.45) is 0 Å². The molecule has 23 heavy (non-hydrogen) atoms. The number of unbranched alkanes of at least 4 members (excludes halogenated alkanes) is 5. The molecule has 1 heterocycles. The minimum atomic E-state index is -0.146. The second-order valence-electron chi connectivity index (χ2n) is 5.64. The zero-order valence-electron chi connectivity index (χ0n) is 14.3. The zero-order chi connectivity index (χ0) is 16.9. The van der Waals surface area contributed by atoms with Crippen LogP contribution in [-0.2, 0) is 31.9 Å². The molecule has 0 amide bonds. The number of carbonyl (C=O) groups excluding carboxylic acids is 2. The van der Waals surface area contributed by atoms with Gasteiger partial charge in [0, 0.05) is 16.2 Å². The normalized spacial score (nSPS) is 10.5. The molecule has 0 atom stereocenters. The number of carbonyl (C=O) groups is 2. The van der Waals surface area contributed by atoms with Gasteiger partial charge in [0.1, 0.15) is 0 Å². The smallest absolute Gasteiger partial charge is 0.305 e. The van der Waals surface area contributed by atoms with Crippen LogP contribution in [0.25, 0.3) is 0 Å². The predicted octanol–water partition coefficient (Wildman–Crippen LogP) is 4.30. The van der Waals surface area contributed by atoms with Gasteiger partial charge in [-0.25, -0.2) is 0 Å². The Labute approximate surface area is 143 Å². The van der Waals surface area contributed by atoms with Crippen molar-refractivity contribution in [3.8, 4) is 0 Å². The van der Waals surface area contributed by atoms with E-state index in [1.165, 1.54) is 49.7 Å². The molecule has 0 fully saturated rings. The van der Waals surface area contributed by atoms with Crippen molar-refractivity contribution in [3.63, 3.8) is 0 Å². The van der Waals surface area contributed by atoms with Gasteiger partial charge in [-0.15, -0.1) is 11.3 Å². The number of hydrogen-bond donors (Lipinski definition) is 0. The first-order chi connectivity index (χ1) is 11.2. The van der Waals surface area contributed by atoms with Crippen molar-refractivity contribution < 1.29 is 19.1 Å². The van der Waals surface area contributed by atoms with Gasteiger partial charge in [-0.3, -0.25) is 9.59 Å². The molecular formula is C18H28O4S. The van der Waals surface area contributed by atoms with Crippen molar-refractivity contribution in [2.75, 3.05) is 14.2 Å². The maximum atomic E-state index is 11.1. The molecule has 0 saturated heterocycles. The van der Waals surface area contributed by atoms with Crippen LogP contribution in [-0.4, -0.2) is 26.2 Å². The summed E-state index contributed by atoms with van der Waals surface area (Å²) < 4.78 is 9.28. The molecule has 4 nitrogen and oxygen atoms in total. The van der Waals surface area contributed by atoms with Crippen LogP contribution >= 0.6 is 11.3 Å². The van der Waals surface area contributed by atoms with E-state index in [-0.39, 0.29) is 11.9 Å². The quantitative estimate of drug-likeness (QED) is 0.420. The molecule has 0 saturated carbocycles. The summed E-state index contributed by atoms with van der Waals surface area (Å²) >= 11 is 1.80. The SMILES string of the molecule is COC(=O)CCCCCCCCc1ccc(CCC(=O)OC)s1. The Morgan fingerprint density at radius 2 is 1.30 bits per heavy atom. The summed E-state index contributed by atoms with van der Waals surface area (Å²) in [7, 11) is 2.87. The molecule has 0 spiro atoms. The maximum Gasteiger partial charge on any atom is 0.305 e. The van der Waals surface area contributed by atoms with Crippen LogP contribution in [0, 0.1) is 0 Å². The van der Waals surface area contributed by atoms with Crippen molar-refractivity contribution in [2.45, 2.75) is 64.2 Å². The minimum absolute atomic E-state index is 0.106. The second-order valence-corrected chi connectivity index (χ2v) is 6.89. The van der Waals surface area contributed by atoms with E-state index in [0.717, 1.165) is 25.7 Å². The third-order valence-electron chi connectivity index (χ3n) is 3.80. The first kappa shape index (κ1) is 19.7. The summed E-state index contributed by atoms with van der Waals surface area (Å²) in [6, 6.07) is 4.30. The van der Waals surface area contributed by atoms with E-state index < -0.39 is 0 Å². The highest BCUT2D eigenvalue weighted by Gasteiger charge is 2.05. The molecule has 0 radical (unpaired) electrons. The fourth-order valence-electron chi connectivity index (χ4n) is 2.40. The summed E-state index contributed by atoms with van der Waals surface area (Å²) in [6.07, 6.45) is 9.77. The van der Waals surface area contributed by atoms with Gasteiger partial charge in [-0.05, 0) is 37.8 Å². The Bertz CT molecular complexity index is 467. The van der Waals surface area contributed by atoms with Gasteiger partial charge < -0.3 is 9.47 Å². The van der Waals surface area contributed by atoms with Gasteiger partial charge in [0.05, 0.1) is 20.6 Å². The summed E-state index contributed by atoms with van der Waals surface area (Å²) in [4.78, 5) is 24.7. The van der Waals surface area contributed by atoms with E-state index >= 15 is 0 Å². The molecule has 0 aromatic carbocycles. The fourth-order valence-corrected chi connectivity index (χ4v) is 3.46. The molecular weight excluding hydrogens is 312 g/mol. The number of methoxy groups -OCH3 is 2. The average molecular weight is 340 g/mol. The number of aryl methyl sites for hydroxylation is 2. The number of hydrogen-bond acceptors (Lipinski definition) is 5. The largest absolute Gasteiger partial charge is 0.469 e. The monoisotopic (exact) mass is 340 g/mol. The number of esters is 2. The van der Waals surface area contributed by atoms with Crippen LogP contribution in [0.2, 0.25) is 0 Å². The lowest BCUT2D eigenvalue weighted by atomic mass is 10.1. The van der Waals surface area contributed by atoms with E-state index in [1.54, 1.807) is 11.3 Å². The van der Waals surface area contributed by atoms with Gasteiger partial charge in [0.2, 0.25) is 0 Å². The van der Waals surface area contributed by atoms with E-state index in [4.69, 9.17) is 0 Å². The van der Waals surface area contributed by atoms with Gasteiger partial charge in [-0.1, -0.05) is 25.7 Å². The van der Waals surface area contributed by atoms with E-state index in [2.05, 4.69) is 21.6 Å². The Morgan fingerprint density at radius 3 is 1.96 bits per heavy atom. The molecule has 1 aromatic heterocycles. The van der Waals surface area contributed by atoms with Crippen LogP contribution in [0.1, 0.15) is 61.1 Å².